The molecule has 0 radical (unpaired) electrons. The number of cyclic esters (lactones) is 1. The first-order valence-electron chi connectivity index (χ1n) is 11.1. The molecule has 2 atom stereocenters. The Labute approximate surface area is 208 Å². The molecule has 2 aromatic heterocycles. The first-order valence-corrected chi connectivity index (χ1v) is 11.1. The van der Waals surface area contributed by atoms with Crippen molar-refractivity contribution in [3.8, 4) is 23.1 Å². The van der Waals surface area contributed by atoms with Crippen molar-refractivity contribution in [1.29, 1.82) is 0 Å². The van der Waals surface area contributed by atoms with Crippen LogP contribution in [-0.4, -0.2) is 68.6 Å². The predicted molar refractivity (Wildman–Crippen MR) is 123 cm³/mol. The number of benzene rings is 1. The van der Waals surface area contributed by atoms with Gasteiger partial charge in [-0.05, 0) is 29.2 Å². The molecule has 1 saturated heterocycles. The van der Waals surface area contributed by atoms with Gasteiger partial charge in [-0.25, -0.2) is 9.18 Å². The number of nitrogens with zero attached hydrogens (tertiary/aromatic N) is 6. The van der Waals surface area contributed by atoms with Crippen molar-refractivity contribution in [2.24, 2.45) is 0 Å². The van der Waals surface area contributed by atoms with Gasteiger partial charge in [0.05, 0.1) is 31.0 Å². The zero-order valence-corrected chi connectivity index (χ0v) is 19.4. The summed E-state index contributed by atoms with van der Waals surface area (Å²) >= 11 is 0. The van der Waals surface area contributed by atoms with Crippen LogP contribution in [-0.2, 0) is 16.1 Å². The smallest absolute Gasteiger partial charge is 0.414 e. The minimum absolute atomic E-state index is 0.109. The maximum Gasteiger partial charge on any atom is 0.414 e. The second-order valence-electron chi connectivity index (χ2n) is 8.32. The van der Waals surface area contributed by atoms with Gasteiger partial charge < -0.3 is 29.6 Å². The molecule has 4 heterocycles. The van der Waals surface area contributed by atoms with E-state index in [9.17, 15) is 24.1 Å². The molecule has 1 fully saturated rings. The zero-order chi connectivity index (χ0) is 26.1. The number of rotatable bonds is 7. The molecule has 3 aromatic rings. The molecule has 14 nitrogen and oxygen atoms in total. The van der Waals surface area contributed by atoms with Crippen molar-refractivity contribution in [3.63, 3.8) is 0 Å². The number of nitro groups is 1. The van der Waals surface area contributed by atoms with Crippen LogP contribution >= 0.6 is 0 Å². The first-order chi connectivity index (χ1) is 17.8. The third kappa shape index (κ3) is 5.10. The predicted octanol–water partition coefficient (Wildman–Crippen LogP) is 1.69. The number of amides is 2. The minimum Gasteiger partial charge on any atom is -0.468 e. The molecule has 0 saturated carbocycles. The van der Waals surface area contributed by atoms with Crippen molar-refractivity contribution in [2.45, 2.75) is 25.7 Å². The Bertz CT molecular complexity index is 1360. The van der Waals surface area contributed by atoms with E-state index in [4.69, 9.17) is 14.2 Å². The van der Waals surface area contributed by atoms with Crippen LogP contribution in [0, 0.1) is 15.9 Å². The van der Waals surface area contributed by atoms with E-state index in [2.05, 4.69) is 20.5 Å². The lowest BCUT2D eigenvalue weighted by molar-refractivity contribution is -0.389. The monoisotopic (exact) mass is 513 g/mol. The van der Waals surface area contributed by atoms with Gasteiger partial charge in [-0.15, -0.1) is 10.2 Å². The van der Waals surface area contributed by atoms with Crippen LogP contribution in [0.5, 0.6) is 11.9 Å². The summed E-state index contributed by atoms with van der Waals surface area (Å²) in [6, 6.07) is 7.43. The number of fused-ring (bicyclic) bond motifs is 1. The summed E-state index contributed by atoms with van der Waals surface area (Å²) in [7, 11) is 0. The zero-order valence-electron chi connectivity index (χ0n) is 19.4. The Kier molecular flexibility index (Phi) is 6.25. The summed E-state index contributed by atoms with van der Waals surface area (Å²) in [5.74, 6) is -1.02. The van der Waals surface area contributed by atoms with Crippen molar-refractivity contribution in [2.75, 3.05) is 24.6 Å². The molecular weight excluding hydrogens is 493 g/mol. The minimum atomic E-state index is -0.632. The largest absolute Gasteiger partial charge is 0.468 e. The van der Waals surface area contributed by atoms with Gasteiger partial charge in [-0.2, -0.15) is 0 Å². The molecule has 0 aliphatic carbocycles. The fraction of sp³-hybridized carbons (Fsp3) is 0.318. The molecule has 1 N–H and O–H groups in total. The highest BCUT2D eigenvalue weighted by Gasteiger charge is 2.33. The van der Waals surface area contributed by atoms with E-state index >= 15 is 0 Å². The third-order valence-corrected chi connectivity index (χ3v) is 5.63. The Hall–Kier alpha value is -4.82. The molecule has 0 spiro atoms. The van der Waals surface area contributed by atoms with Crippen LogP contribution in [0.1, 0.15) is 6.92 Å². The number of imidazole rings is 1. The number of carbonyl (C=O) groups excluding carboxylic acids is 2. The van der Waals surface area contributed by atoms with E-state index in [1.165, 1.54) is 46.9 Å². The first kappa shape index (κ1) is 23.9. The molecule has 2 aliphatic rings. The van der Waals surface area contributed by atoms with Gasteiger partial charge in [0.2, 0.25) is 11.8 Å². The van der Waals surface area contributed by atoms with Crippen LogP contribution in [0.3, 0.4) is 0 Å². The van der Waals surface area contributed by atoms with Gasteiger partial charge in [0.15, 0.2) is 6.10 Å². The highest BCUT2D eigenvalue weighted by atomic mass is 19.1. The summed E-state index contributed by atoms with van der Waals surface area (Å²) in [6.07, 6.45) is -0.403. The number of ether oxygens (including phenoxy) is 3. The molecule has 0 bridgehead atoms. The number of halogens is 1. The molecular formula is C22H20FN7O7. The van der Waals surface area contributed by atoms with Gasteiger partial charge in [0.1, 0.15) is 24.7 Å². The van der Waals surface area contributed by atoms with Crippen LogP contribution in [0.25, 0.3) is 11.3 Å². The number of hydrogen-bond donors (Lipinski definition) is 1. The number of anilines is 1. The van der Waals surface area contributed by atoms with Crippen LogP contribution in [0.15, 0.2) is 36.5 Å². The van der Waals surface area contributed by atoms with Crippen molar-refractivity contribution >= 4 is 23.5 Å². The van der Waals surface area contributed by atoms with E-state index in [0.29, 0.717) is 5.69 Å². The third-order valence-electron chi connectivity index (χ3n) is 5.63. The lowest BCUT2D eigenvalue weighted by atomic mass is 10.1. The number of nitrogens with one attached hydrogen (secondary N) is 1. The van der Waals surface area contributed by atoms with E-state index in [0.717, 1.165) is 0 Å². The van der Waals surface area contributed by atoms with E-state index in [-0.39, 0.29) is 61.1 Å². The molecule has 37 heavy (non-hydrogen) atoms. The van der Waals surface area contributed by atoms with Gasteiger partial charge in [-0.3, -0.25) is 14.3 Å². The normalized spacial score (nSPS) is 18.5. The van der Waals surface area contributed by atoms with Crippen LogP contribution in [0.2, 0.25) is 0 Å². The Balaban J connectivity index is 1.23. The van der Waals surface area contributed by atoms with Crippen molar-refractivity contribution < 1.29 is 33.1 Å². The van der Waals surface area contributed by atoms with Crippen molar-refractivity contribution in [1.82, 2.24) is 25.1 Å². The topological polar surface area (TPSA) is 164 Å². The molecule has 2 unspecified atom stereocenters. The Morgan fingerprint density at radius 1 is 1.30 bits per heavy atom. The molecule has 2 aliphatic heterocycles. The lowest BCUT2D eigenvalue weighted by Crippen LogP contribution is -2.34. The fourth-order valence-corrected chi connectivity index (χ4v) is 3.90. The average Bonchev–Trinajstić information content (AvgIpc) is 3.46. The molecule has 192 valence electrons. The van der Waals surface area contributed by atoms with Gasteiger partial charge in [-0.1, -0.05) is 0 Å². The molecule has 15 heteroatoms. The SMILES string of the molecule is CC(=O)NCC1CN(c2ccc(-c3ccc(OC4COc5nc([N+](=O)[O-])cn5C4)nn3)c(F)c2)C(=O)O1. The quantitative estimate of drug-likeness (QED) is 0.363. The Morgan fingerprint density at radius 2 is 2.14 bits per heavy atom. The number of carbonyl (C=O) groups is 2. The van der Waals surface area contributed by atoms with Crippen LogP contribution in [0.4, 0.5) is 20.7 Å². The van der Waals surface area contributed by atoms with Gasteiger partial charge >= 0.3 is 17.9 Å². The van der Waals surface area contributed by atoms with E-state index < -0.39 is 29.0 Å². The maximum atomic E-state index is 14.9. The Morgan fingerprint density at radius 3 is 2.84 bits per heavy atom. The number of aromatic nitrogens is 4. The second-order valence-corrected chi connectivity index (χ2v) is 8.32. The van der Waals surface area contributed by atoms with Gasteiger partial charge in [0, 0.05) is 23.5 Å². The van der Waals surface area contributed by atoms with Crippen LogP contribution < -0.4 is 19.7 Å². The lowest BCUT2D eigenvalue weighted by Gasteiger charge is -2.22. The van der Waals surface area contributed by atoms with E-state index in [1.807, 2.05) is 0 Å². The summed E-state index contributed by atoms with van der Waals surface area (Å²) in [4.78, 5) is 38.6. The highest BCUT2D eigenvalue weighted by Crippen LogP contribution is 2.29. The van der Waals surface area contributed by atoms with Gasteiger partial charge in [0.25, 0.3) is 0 Å². The molecule has 2 amide bonds. The maximum absolute atomic E-state index is 14.9. The molecule has 5 rings (SSSR count). The van der Waals surface area contributed by atoms with Crippen molar-refractivity contribution in [3.05, 3.63) is 52.5 Å². The average molecular weight is 513 g/mol. The summed E-state index contributed by atoms with van der Waals surface area (Å²) in [5.41, 5.74) is 0.721. The molecule has 1 aromatic carbocycles. The summed E-state index contributed by atoms with van der Waals surface area (Å²) < 4.78 is 32.8. The summed E-state index contributed by atoms with van der Waals surface area (Å²) in [6.45, 7) is 2.07. The standard InChI is InChI=1S/C22H20FN7O7/c1-12(31)24-7-14-9-29(22(32)37-14)13-2-3-16(17(23)6-13)18-4-5-20(27-26-18)36-15-8-28-10-19(30(33)34)25-21(28)35-11-15/h2-6,10,14-15H,7-9,11H2,1H3,(H,24,31). The highest BCUT2D eigenvalue weighted by molar-refractivity contribution is 5.90. The van der Waals surface area contributed by atoms with E-state index in [1.54, 1.807) is 6.07 Å². The second kappa shape index (κ2) is 9.67. The number of hydrogen-bond acceptors (Lipinski definition) is 10. The fourth-order valence-electron chi connectivity index (χ4n) is 3.90. The summed E-state index contributed by atoms with van der Waals surface area (Å²) in [5, 5.41) is 21.5.